The lowest BCUT2D eigenvalue weighted by molar-refractivity contribution is 0.417. The Hall–Kier alpha value is -3.89. The molecule has 4 aromatic rings. The van der Waals surface area contributed by atoms with Crippen LogP contribution < -0.4 is 19.7 Å². The van der Waals surface area contributed by atoms with Crippen molar-refractivity contribution in [1.82, 2.24) is 14.9 Å². The predicted octanol–water partition coefficient (Wildman–Crippen LogP) is 5.05. The molecular formula is C28H29N5O3S2. The summed E-state index contributed by atoms with van der Waals surface area (Å²) in [6.07, 6.45) is 4.92. The van der Waals surface area contributed by atoms with Crippen LogP contribution in [0.5, 0.6) is 5.75 Å². The number of sulfonamides is 1. The van der Waals surface area contributed by atoms with E-state index in [9.17, 15) is 8.42 Å². The third-order valence-corrected chi connectivity index (χ3v) is 7.61. The van der Waals surface area contributed by atoms with Crippen molar-refractivity contribution in [1.29, 1.82) is 0 Å². The van der Waals surface area contributed by atoms with Crippen LogP contribution >= 0.6 is 12.2 Å². The van der Waals surface area contributed by atoms with E-state index >= 15 is 0 Å². The number of nitrogens with zero attached hydrogens (tertiary/aromatic N) is 3. The van der Waals surface area contributed by atoms with Gasteiger partial charge in [0, 0.05) is 29.5 Å². The van der Waals surface area contributed by atoms with E-state index in [1.807, 2.05) is 41.4 Å². The van der Waals surface area contributed by atoms with Gasteiger partial charge in [-0.3, -0.25) is 9.71 Å². The molecule has 10 heteroatoms. The fourth-order valence-corrected chi connectivity index (χ4v) is 5.71. The Morgan fingerprint density at radius 3 is 2.47 bits per heavy atom. The van der Waals surface area contributed by atoms with Crippen molar-refractivity contribution >= 4 is 38.7 Å². The lowest BCUT2D eigenvalue weighted by atomic mass is 10.0. The first-order chi connectivity index (χ1) is 18.2. The van der Waals surface area contributed by atoms with Gasteiger partial charge in [-0.25, -0.2) is 8.42 Å². The maximum atomic E-state index is 12.1. The van der Waals surface area contributed by atoms with Crippen LogP contribution in [0, 0.1) is 13.8 Å². The highest BCUT2D eigenvalue weighted by Crippen LogP contribution is 2.44. The molecule has 1 saturated heterocycles. The average Bonchev–Trinajstić information content (AvgIpc) is 3.49. The summed E-state index contributed by atoms with van der Waals surface area (Å²) in [5.74, 6) is 0.411. The number of rotatable bonds is 7. The van der Waals surface area contributed by atoms with Crippen molar-refractivity contribution in [3.05, 3.63) is 102 Å². The summed E-state index contributed by atoms with van der Waals surface area (Å²) in [5.41, 5.74) is 6.36. The Morgan fingerprint density at radius 2 is 1.79 bits per heavy atom. The van der Waals surface area contributed by atoms with Gasteiger partial charge in [-0.05, 0) is 91.8 Å². The quantitative estimate of drug-likeness (QED) is 0.313. The van der Waals surface area contributed by atoms with Crippen molar-refractivity contribution in [3.63, 3.8) is 0 Å². The highest BCUT2D eigenvalue weighted by Gasteiger charge is 2.42. The van der Waals surface area contributed by atoms with Crippen molar-refractivity contribution in [2.24, 2.45) is 0 Å². The number of ether oxygens (including phenoxy) is 1. The number of anilines is 2. The summed E-state index contributed by atoms with van der Waals surface area (Å²) in [6.45, 7) is 4.20. The molecule has 1 aliphatic rings. The first-order valence-electron chi connectivity index (χ1n) is 12.1. The summed E-state index contributed by atoms with van der Waals surface area (Å²) >= 11 is 5.87. The fourth-order valence-electron chi connectivity index (χ4n) is 4.80. The van der Waals surface area contributed by atoms with E-state index < -0.39 is 10.0 Å². The summed E-state index contributed by atoms with van der Waals surface area (Å²) in [4.78, 5) is 6.64. The number of nitrogens with one attached hydrogen (secondary N) is 2. The maximum Gasteiger partial charge on any atom is 0.229 e. The van der Waals surface area contributed by atoms with Crippen LogP contribution in [-0.2, 0) is 10.0 Å². The Morgan fingerprint density at radius 1 is 1.00 bits per heavy atom. The lowest BCUT2D eigenvalue weighted by Crippen LogP contribution is -2.30. The van der Waals surface area contributed by atoms with Crippen LogP contribution in [0.1, 0.15) is 34.6 Å². The number of benzene rings is 2. The van der Waals surface area contributed by atoms with Gasteiger partial charge >= 0.3 is 0 Å². The van der Waals surface area contributed by atoms with E-state index in [2.05, 4.69) is 57.7 Å². The molecule has 8 nitrogen and oxygen atoms in total. The molecule has 0 saturated carbocycles. The normalized spacial score (nSPS) is 17.4. The van der Waals surface area contributed by atoms with Gasteiger partial charge in [0.25, 0.3) is 0 Å². The number of aromatic nitrogens is 2. The second-order valence-corrected chi connectivity index (χ2v) is 11.5. The van der Waals surface area contributed by atoms with E-state index in [-0.39, 0.29) is 12.1 Å². The Kier molecular flexibility index (Phi) is 6.85. The molecule has 1 fully saturated rings. The summed E-state index contributed by atoms with van der Waals surface area (Å²) in [6, 6.07) is 21.1. The standard InChI is InChI=1S/C28H29N5O3S2/c1-18-10-11-20(16-19(18)2)32-15-7-9-24(32)27-26(22-8-5-6-14-29-22)30-28(37)33(27)21-12-13-25(36-3)23(17-21)31-38(4,34)35/h5-17,26-27,31H,1-4H3,(H,30,37)/t26-,27+/m0/s1. The van der Waals surface area contributed by atoms with E-state index in [4.69, 9.17) is 17.0 Å². The highest BCUT2D eigenvalue weighted by atomic mass is 32.2. The first kappa shape index (κ1) is 25.7. The number of aryl methyl sites for hydroxylation is 2. The second-order valence-electron chi connectivity index (χ2n) is 9.33. The van der Waals surface area contributed by atoms with E-state index in [0.29, 0.717) is 22.2 Å². The molecule has 2 aromatic heterocycles. The largest absolute Gasteiger partial charge is 0.495 e. The van der Waals surface area contributed by atoms with Crippen LogP contribution in [0.15, 0.2) is 79.1 Å². The molecule has 0 unspecified atom stereocenters. The zero-order chi connectivity index (χ0) is 27.0. The van der Waals surface area contributed by atoms with Gasteiger partial charge in [0.2, 0.25) is 10.0 Å². The number of pyridine rings is 1. The fraction of sp³-hybridized carbons (Fsp3) is 0.214. The van der Waals surface area contributed by atoms with E-state index in [1.54, 1.807) is 18.3 Å². The topological polar surface area (TPSA) is 88.5 Å². The molecule has 2 aromatic carbocycles. The third-order valence-electron chi connectivity index (χ3n) is 6.71. The molecule has 38 heavy (non-hydrogen) atoms. The van der Waals surface area contributed by atoms with Crippen molar-refractivity contribution in [3.8, 4) is 11.4 Å². The predicted molar refractivity (Wildman–Crippen MR) is 155 cm³/mol. The Bertz CT molecular complexity index is 1600. The Labute approximate surface area is 228 Å². The van der Waals surface area contributed by atoms with Crippen molar-refractivity contribution in [2.75, 3.05) is 23.0 Å². The zero-order valence-electron chi connectivity index (χ0n) is 21.5. The molecule has 2 atom stereocenters. The molecule has 3 heterocycles. The molecule has 196 valence electrons. The van der Waals surface area contributed by atoms with Crippen molar-refractivity contribution in [2.45, 2.75) is 25.9 Å². The van der Waals surface area contributed by atoms with Gasteiger partial charge in [-0.15, -0.1) is 0 Å². The monoisotopic (exact) mass is 547 g/mol. The molecule has 2 N–H and O–H groups in total. The zero-order valence-corrected chi connectivity index (χ0v) is 23.2. The van der Waals surface area contributed by atoms with Crippen LogP contribution in [0.2, 0.25) is 0 Å². The number of hydrogen-bond acceptors (Lipinski definition) is 5. The van der Waals surface area contributed by atoms with Gasteiger partial charge in [0.1, 0.15) is 11.8 Å². The van der Waals surface area contributed by atoms with Gasteiger partial charge in [-0.2, -0.15) is 0 Å². The second kappa shape index (κ2) is 10.1. The first-order valence-corrected chi connectivity index (χ1v) is 14.4. The summed E-state index contributed by atoms with van der Waals surface area (Å²) in [5, 5.41) is 3.97. The van der Waals surface area contributed by atoms with Crippen LogP contribution in [0.4, 0.5) is 11.4 Å². The minimum atomic E-state index is -3.54. The highest BCUT2D eigenvalue weighted by molar-refractivity contribution is 7.92. The minimum absolute atomic E-state index is 0.252. The van der Waals surface area contributed by atoms with Gasteiger partial charge in [0.15, 0.2) is 5.11 Å². The number of thiocarbonyl (C=S) groups is 1. The van der Waals surface area contributed by atoms with E-state index in [0.717, 1.165) is 23.3 Å². The van der Waals surface area contributed by atoms with Crippen LogP contribution in [0.3, 0.4) is 0 Å². The lowest BCUT2D eigenvalue weighted by Gasteiger charge is -2.29. The molecule has 0 spiro atoms. The molecule has 1 aliphatic heterocycles. The third kappa shape index (κ3) is 4.97. The van der Waals surface area contributed by atoms with Crippen molar-refractivity contribution < 1.29 is 13.2 Å². The minimum Gasteiger partial charge on any atom is -0.495 e. The Balaban J connectivity index is 1.67. The summed E-state index contributed by atoms with van der Waals surface area (Å²) in [7, 11) is -2.03. The molecule has 0 aliphatic carbocycles. The average molecular weight is 548 g/mol. The number of hydrogen-bond donors (Lipinski definition) is 2. The van der Waals surface area contributed by atoms with Crippen LogP contribution in [-0.4, -0.2) is 36.4 Å². The van der Waals surface area contributed by atoms with Gasteiger partial charge in [0.05, 0.1) is 30.8 Å². The van der Waals surface area contributed by atoms with E-state index in [1.165, 1.54) is 18.2 Å². The SMILES string of the molecule is COc1ccc(N2C(=S)N[C@@H](c3ccccn3)[C@H]2c2cccn2-c2ccc(C)c(C)c2)cc1NS(C)(=O)=O. The molecular weight excluding hydrogens is 518 g/mol. The molecule has 0 radical (unpaired) electrons. The van der Waals surface area contributed by atoms with Gasteiger partial charge in [-0.1, -0.05) is 12.1 Å². The molecule has 0 amide bonds. The number of methoxy groups -OCH3 is 1. The molecule has 5 rings (SSSR count). The smallest absolute Gasteiger partial charge is 0.229 e. The van der Waals surface area contributed by atoms with Gasteiger partial charge < -0.3 is 19.5 Å². The molecule has 0 bridgehead atoms. The maximum absolute atomic E-state index is 12.1. The summed E-state index contributed by atoms with van der Waals surface area (Å²) < 4.78 is 34.3. The van der Waals surface area contributed by atoms with Crippen LogP contribution in [0.25, 0.3) is 5.69 Å².